The van der Waals surface area contributed by atoms with E-state index in [0.717, 1.165) is 35.7 Å². The van der Waals surface area contributed by atoms with Gasteiger partial charge >= 0.3 is 0 Å². The molecule has 0 atom stereocenters. The van der Waals surface area contributed by atoms with Gasteiger partial charge in [-0.3, -0.25) is 18.9 Å². The van der Waals surface area contributed by atoms with Crippen molar-refractivity contribution in [2.75, 3.05) is 32.8 Å². The SMILES string of the molecule is O=C(C=CC1=Cc2cc(Cl)ccc2OC1)N1CCN(Cc2cc(=O)n3ccsc3n2)CC1. The third-order valence-electron chi connectivity index (χ3n) is 5.57. The van der Waals surface area contributed by atoms with Crippen LogP contribution in [0.25, 0.3) is 11.0 Å². The summed E-state index contributed by atoms with van der Waals surface area (Å²) in [5, 5.41) is 2.51. The lowest BCUT2D eigenvalue weighted by molar-refractivity contribution is -0.127. The third-order valence-corrected chi connectivity index (χ3v) is 6.56. The number of aromatic nitrogens is 2. The van der Waals surface area contributed by atoms with Gasteiger partial charge in [0.1, 0.15) is 12.4 Å². The highest BCUT2D eigenvalue weighted by Gasteiger charge is 2.20. The molecule has 1 aromatic carbocycles. The molecule has 4 heterocycles. The summed E-state index contributed by atoms with van der Waals surface area (Å²) in [4.78, 5) is 34.1. The molecule has 0 N–H and O–H groups in total. The standard InChI is InChI=1S/C23H21ClN4O3S/c24-18-2-3-20-17(12-18)11-16(15-31-20)1-4-21(29)27-7-5-26(6-8-27)14-19-13-22(30)28-9-10-32-23(28)25-19/h1-4,9-13H,5-8,14-15H2. The lowest BCUT2D eigenvalue weighted by atomic mass is 10.1. The number of carbonyl (C=O) groups is 1. The Hall–Kier alpha value is -2.94. The number of fused-ring (bicyclic) bond motifs is 2. The molecule has 2 aliphatic rings. The van der Waals surface area contributed by atoms with Crippen LogP contribution in [0.5, 0.6) is 5.75 Å². The summed E-state index contributed by atoms with van der Waals surface area (Å²) in [6.45, 7) is 3.78. The topological polar surface area (TPSA) is 67.2 Å². The summed E-state index contributed by atoms with van der Waals surface area (Å²) in [5.74, 6) is 0.781. The van der Waals surface area contributed by atoms with Gasteiger partial charge in [-0.15, -0.1) is 11.3 Å². The first-order valence-electron chi connectivity index (χ1n) is 10.3. The summed E-state index contributed by atoms with van der Waals surface area (Å²) in [6, 6.07) is 7.09. The zero-order chi connectivity index (χ0) is 22.1. The quantitative estimate of drug-likeness (QED) is 0.550. The minimum atomic E-state index is -0.0592. The molecule has 32 heavy (non-hydrogen) atoms. The molecule has 1 fully saturated rings. The fourth-order valence-electron chi connectivity index (χ4n) is 3.87. The number of halogens is 1. The van der Waals surface area contributed by atoms with Crippen LogP contribution in [-0.4, -0.2) is 57.9 Å². The Labute approximate surface area is 193 Å². The van der Waals surface area contributed by atoms with E-state index in [9.17, 15) is 9.59 Å². The molecule has 164 valence electrons. The molecule has 0 radical (unpaired) electrons. The molecule has 2 aromatic heterocycles. The minimum absolute atomic E-state index is 0.0150. The van der Waals surface area contributed by atoms with Gasteiger partial charge < -0.3 is 9.64 Å². The zero-order valence-electron chi connectivity index (χ0n) is 17.2. The van der Waals surface area contributed by atoms with E-state index in [-0.39, 0.29) is 11.5 Å². The molecule has 1 saturated heterocycles. The van der Waals surface area contributed by atoms with E-state index in [2.05, 4.69) is 9.88 Å². The van der Waals surface area contributed by atoms with Gasteiger partial charge in [-0.25, -0.2) is 4.98 Å². The molecule has 0 spiro atoms. The molecule has 3 aromatic rings. The highest BCUT2D eigenvalue weighted by atomic mass is 35.5. The molecular weight excluding hydrogens is 448 g/mol. The predicted molar refractivity (Wildman–Crippen MR) is 125 cm³/mol. The van der Waals surface area contributed by atoms with Crippen LogP contribution in [0.2, 0.25) is 5.02 Å². The van der Waals surface area contributed by atoms with E-state index in [0.29, 0.717) is 36.2 Å². The summed E-state index contributed by atoms with van der Waals surface area (Å²) >= 11 is 7.51. The maximum Gasteiger partial charge on any atom is 0.258 e. The van der Waals surface area contributed by atoms with Crippen molar-refractivity contribution in [1.82, 2.24) is 19.2 Å². The largest absolute Gasteiger partial charge is 0.488 e. The van der Waals surface area contributed by atoms with E-state index >= 15 is 0 Å². The Morgan fingerprint density at radius 3 is 2.91 bits per heavy atom. The molecular formula is C23H21ClN4O3S. The van der Waals surface area contributed by atoms with Crippen LogP contribution in [0, 0.1) is 0 Å². The highest BCUT2D eigenvalue weighted by molar-refractivity contribution is 7.15. The van der Waals surface area contributed by atoms with Crippen LogP contribution < -0.4 is 10.3 Å². The second-order valence-electron chi connectivity index (χ2n) is 7.77. The Kier molecular flexibility index (Phi) is 5.82. The van der Waals surface area contributed by atoms with Crippen LogP contribution in [-0.2, 0) is 11.3 Å². The van der Waals surface area contributed by atoms with Crippen molar-refractivity contribution >= 4 is 39.9 Å². The van der Waals surface area contributed by atoms with Crippen molar-refractivity contribution in [2.24, 2.45) is 0 Å². The van der Waals surface area contributed by atoms with E-state index < -0.39 is 0 Å². The normalized spacial score (nSPS) is 16.8. The lowest BCUT2D eigenvalue weighted by Gasteiger charge is -2.34. The molecule has 0 bridgehead atoms. The van der Waals surface area contributed by atoms with Gasteiger partial charge in [-0.05, 0) is 29.8 Å². The van der Waals surface area contributed by atoms with Gasteiger partial charge in [0.25, 0.3) is 5.56 Å². The number of benzene rings is 1. The van der Waals surface area contributed by atoms with Gasteiger partial charge in [0.2, 0.25) is 5.91 Å². The van der Waals surface area contributed by atoms with Gasteiger partial charge in [-0.1, -0.05) is 17.7 Å². The van der Waals surface area contributed by atoms with E-state index in [1.54, 1.807) is 28.8 Å². The average molecular weight is 469 g/mol. The minimum Gasteiger partial charge on any atom is -0.488 e. The second-order valence-corrected chi connectivity index (χ2v) is 9.08. The first kappa shape index (κ1) is 20.9. The first-order valence-corrected chi connectivity index (χ1v) is 11.6. The molecule has 0 aliphatic carbocycles. The Bertz CT molecular complexity index is 1290. The number of hydrogen-bond acceptors (Lipinski definition) is 6. The monoisotopic (exact) mass is 468 g/mol. The van der Waals surface area contributed by atoms with Gasteiger partial charge in [0.15, 0.2) is 4.96 Å². The zero-order valence-corrected chi connectivity index (χ0v) is 18.8. The van der Waals surface area contributed by atoms with Crippen LogP contribution in [0.3, 0.4) is 0 Å². The highest BCUT2D eigenvalue weighted by Crippen LogP contribution is 2.29. The first-order chi connectivity index (χ1) is 15.5. The van der Waals surface area contributed by atoms with E-state index in [1.807, 2.05) is 34.6 Å². The Morgan fingerprint density at radius 2 is 2.06 bits per heavy atom. The van der Waals surface area contributed by atoms with Crippen molar-refractivity contribution in [3.8, 4) is 5.75 Å². The molecule has 0 saturated carbocycles. The Balaban J connectivity index is 1.17. The van der Waals surface area contributed by atoms with E-state index in [1.165, 1.54) is 11.3 Å². The summed E-state index contributed by atoms with van der Waals surface area (Å²) in [6.07, 6.45) is 7.15. The van der Waals surface area contributed by atoms with Crippen molar-refractivity contribution < 1.29 is 9.53 Å². The van der Waals surface area contributed by atoms with Crippen LogP contribution in [0.1, 0.15) is 11.3 Å². The number of amides is 1. The van der Waals surface area contributed by atoms with Crippen molar-refractivity contribution in [3.05, 3.63) is 80.2 Å². The average Bonchev–Trinajstić information content (AvgIpc) is 3.27. The molecule has 2 aliphatic heterocycles. The number of thiazole rings is 1. The second kappa shape index (κ2) is 8.90. The van der Waals surface area contributed by atoms with Crippen LogP contribution in [0.4, 0.5) is 0 Å². The molecule has 7 nitrogen and oxygen atoms in total. The van der Waals surface area contributed by atoms with Gasteiger partial charge in [-0.2, -0.15) is 0 Å². The number of nitrogens with zero attached hydrogens (tertiary/aromatic N) is 4. The van der Waals surface area contributed by atoms with Crippen molar-refractivity contribution in [1.29, 1.82) is 0 Å². The fraction of sp³-hybridized carbons (Fsp3) is 0.261. The summed E-state index contributed by atoms with van der Waals surface area (Å²) < 4.78 is 7.28. The number of ether oxygens (including phenoxy) is 1. The number of piperazine rings is 1. The van der Waals surface area contributed by atoms with Gasteiger partial charge in [0, 0.05) is 67.0 Å². The van der Waals surface area contributed by atoms with E-state index in [4.69, 9.17) is 16.3 Å². The fourth-order valence-corrected chi connectivity index (χ4v) is 4.79. The molecule has 9 heteroatoms. The van der Waals surface area contributed by atoms with Crippen LogP contribution in [0.15, 0.2) is 58.4 Å². The predicted octanol–water partition coefficient (Wildman–Crippen LogP) is 3.09. The number of hydrogen-bond donors (Lipinski definition) is 0. The summed E-state index contributed by atoms with van der Waals surface area (Å²) in [5.41, 5.74) is 2.55. The smallest absolute Gasteiger partial charge is 0.258 e. The molecule has 0 unspecified atom stereocenters. The van der Waals surface area contributed by atoms with Crippen LogP contribution >= 0.6 is 22.9 Å². The van der Waals surface area contributed by atoms with Crippen molar-refractivity contribution in [2.45, 2.75) is 6.54 Å². The molecule has 5 rings (SSSR count). The Morgan fingerprint density at radius 1 is 1.22 bits per heavy atom. The van der Waals surface area contributed by atoms with Gasteiger partial charge in [0.05, 0.1) is 5.69 Å². The van der Waals surface area contributed by atoms with Crippen molar-refractivity contribution in [3.63, 3.8) is 0 Å². The maximum atomic E-state index is 12.6. The molecule has 1 amide bonds. The summed E-state index contributed by atoms with van der Waals surface area (Å²) in [7, 11) is 0. The maximum absolute atomic E-state index is 12.6. The lowest BCUT2D eigenvalue weighted by Crippen LogP contribution is -2.48. The number of carbonyl (C=O) groups excluding carboxylic acids is 1. The number of rotatable bonds is 4. The third kappa shape index (κ3) is 4.48.